The van der Waals surface area contributed by atoms with E-state index >= 15 is 0 Å². The van der Waals surface area contributed by atoms with Gasteiger partial charge in [0.05, 0.1) is 7.11 Å². The predicted octanol–water partition coefficient (Wildman–Crippen LogP) is 3.39. The van der Waals surface area contributed by atoms with Crippen molar-refractivity contribution in [2.45, 2.75) is 18.9 Å². The van der Waals surface area contributed by atoms with Gasteiger partial charge in [-0.1, -0.05) is 29.8 Å². The van der Waals surface area contributed by atoms with Crippen LogP contribution in [0.4, 0.5) is 0 Å². The zero-order valence-electron chi connectivity index (χ0n) is 15.3. The summed E-state index contributed by atoms with van der Waals surface area (Å²) in [5.41, 5.74) is 0.851. The van der Waals surface area contributed by atoms with Crippen LogP contribution >= 0.6 is 22.9 Å². The number of piperazine rings is 1. The van der Waals surface area contributed by atoms with Gasteiger partial charge in [0.1, 0.15) is 6.04 Å². The van der Waals surface area contributed by atoms with Crippen LogP contribution in [0.25, 0.3) is 0 Å². The number of esters is 1. The van der Waals surface area contributed by atoms with Crippen molar-refractivity contribution in [1.29, 1.82) is 0 Å². The lowest BCUT2D eigenvalue weighted by Gasteiger charge is -2.38. The fourth-order valence-electron chi connectivity index (χ4n) is 3.33. The average Bonchev–Trinajstić information content (AvgIpc) is 3.22. The van der Waals surface area contributed by atoms with Gasteiger partial charge in [0.2, 0.25) is 5.91 Å². The Hall–Kier alpha value is -1.89. The van der Waals surface area contributed by atoms with Crippen LogP contribution in [0.2, 0.25) is 5.02 Å². The molecule has 0 bridgehead atoms. The Kier molecular flexibility index (Phi) is 6.88. The number of hydrogen-bond donors (Lipinski definition) is 0. The summed E-state index contributed by atoms with van der Waals surface area (Å²) in [4.78, 5) is 30.0. The molecule has 2 aromatic rings. The quantitative estimate of drug-likeness (QED) is 0.690. The maximum atomic E-state index is 12.5. The van der Waals surface area contributed by atoms with Gasteiger partial charge >= 0.3 is 5.97 Å². The maximum Gasteiger partial charge on any atom is 0.327 e. The molecule has 1 unspecified atom stereocenters. The first-order chi connectivity index (χ1) is 13.1. The molecule has 1 aliphatic rings. The topological polar surface area (TPSA) is 49.9 Å². The molecule has 144 valence electrons. The van der Waals surface area contributed by atoms with Crippen LogP contribution in [0, 0.1) is 0 Å². The molecule has 1 aliphatic heterocycles. The van der Waals surface area contributed by atoms with E-state index in [1.54, 1.807) is 23.5 Å². The molecule has 0 N–H and O–H groups in total. The highest BCUT2D eigenvalue weighted by Gasteiger charge is 2.32. The third-order valence-corrected chi connectivity index (χ3v) is 6.00. The van der Waals surface area contributed by atoms with Gasteiger partial charge in [-0.3, -0.25) is 9.69 Å². The van der Waals surface area contributed by atoms with Crippen LogP contribution in [0.15, 0.2) is 41.8 Å². The molecule has 0 radical (unpaired) electrons. The molecule has 2 heterocycles. The van der Waals surface area contributed by atoms with E-state index in [1.165, 1.54) is 12.0 Å². The smallest absolute Gasteiger partial charge is 0.327 e. The lowest BCUT2D eigenvalue weighted by Crippen LogP contribution is -2.51. The lowest BCUT2D eigenvalue weighted by molar-refractivity contribution is -0.148. The lowest BCUT2D eigenvalue weighted by atomic mass is 10.0. The number of amides is 1. The summed E-state index contributed by atoms with van der Waals surface area (Å²) in [5.74, 6) is -0.126. The normalized spacial score (nSPS) is 16.1. The number of aryl methyl sites for hydroxylation is 1. The first-order valence-electron chi connectivity index (χ1n) is 8.96. The number of thiophene rings is 1. The van der Waals surface area contributed by atoms with E-state index in [2.05, 4.69) is 11.0 Å². The maximum absolute atomic E-state index is 12.5. The number of rotatable bonds is 6. The molecule has 27 heavy (non-hydrogen) atoms. The van der Waals surface area contributed by atoms with Crippen LogP contribution in [0.3, 0.4) is 0 Å². The second-order valence-electron chi connectivity index (χ2n) is 6.47. The van der Waals surface area contributed by atoms with Crippen LogP contribution in [-0.2, 0) is 20.7 Å². The number of hydrogen-bond acceptors (Lipinski definition) is 5. The van der Waals surface area contributed by atoms with Gasteiger partial charge < -0.3 is 9.64 Å². The molecule has 1 atom stereocenters. The number of ether oxygens (including phenoxy) is 1. The summed E-state index contributed by atoms with van der Waals surface area (Å²) < 4.78 is 5.01. The third kappa shape index (κ3) is 5.09. The fourth-order valence-corrected chi connectivity index (χ4v) is 4.16. The standard InChI is InChI=1S/C20H23ClN2O3S/c1-26-20(25)19(15-4-6-16(21)7-5-15)23-12-10-22(11-13-23)18(24)9-8-17-3-2-14-27-17/h2-7,14,19H,8-13H2,1H3. The van der Waals surface area contributed by atoms with Gasteiger partial charge in [0.15, 0.2) is 0 Å². The minimum atomic E-state index is -0.476. The molecule has 7 heteroatoms. The molecule has 1 aromatic carbocycles. The Morgan fingerprint density at radius 2 is 1.85 bits per heavy atom. The van der Waals surface area contributed by atoms with Crippen molar-refractivity contribution in [3.8, 4) is 0 Å². The number of halogens is 1. The molecular formula is C20H23ClN2O3S. The largest absolute Gasteiger partial charge is 0.468 e. The van der Waals surface area contributed by atoms with Crippen molar-refractivity contribution in [3.63, 3.8) is 0 Å². The zero-order valence-corrected chi connectivity index (χ0v) is 16.8. The molecule has 1 fully saturated rings. The molecule has 3 rings (SSSR count). The molecular weight excluding hydrogens is 384 g/mol. The number of benzene rings is 1. The summed E-state index contributed by atoms with van der Waals surface area (Å²) in [6.07, 6.45) is 1.31. The summed E-state index contributed by atoms with van der Waals surface area (Å²) >= 11 is 7.64. The highest BCUT2D eigenvalue weighted by atomic mass is 35.5. The van der Waals surface area contributed by atoms with Gasteiger partial charge in [-0.05, 0) is 35.6 Å². The van der Waals surface area contributed by atoms with E-state index in [1.807, 2.05) is 28.5 Å². The van der Waals surface area contributed by atoms with E-state index < -0.39 is 6.04 Å². The Balaban J connectivity index is 1.59. The summed E-state index contributed by atoms with van der Waals surface area (Å²) in [5, 5.41) is 2.66. The van der Waals surface area contributed by atoms with E-state index in [4.69, 9.17) is 16.3 Å². The molecule has 0 saturated carbocycles. The van der Waals surface area contributed by atoms with Crippen molar-refractivity contribution in [3.05, 3.63) is 57.2 Å². The average molecular weight is 407 g/mol. The second kappa shape index (κ2) is 9.35. The Labute approximate surface area is 168 Å². The SMILES string of the molecule is COC(=O)C(c1ccc(Cl)cc1)N1CCN(C(=O)CCc2cccs2)CC1. The number of methoxy groups -OCH3 is 1. The van der Waals surface area contributed by atoms with Gasteiger partial charge in [0, 0.05) is 42.5 Å². The Morgan fingerprint density at radius 3 is 2.44 bits per heavy atom. The Bertz CT molecular complexity index is 756. The van der Waals surface area contributed by atoms with Crippen LogP contribution in [-0.4, -0.2) is 55.0 Å². The first-order valence-corrected chi connectivity index (χ1v) is 10.2. The van der Waals surface area contributed by atoms with Gasteiger partial charge in [-0.15, -0.1) is 11.3 Å². The minimum Gasteiger partial charge on any atom is -0.468 e. The first kappa shape index (κ1) is 19.9. The summed E-state index contributed by atoms with van der Waals surface area (Å²) in [6, 6.07) is 10.8. The van der Waals surface area contributed by atoms with Crippen molar-refractivity contribution < 1.29 is 14.3 Å². The molecule has 0 spiro atoms. The summed E-state index contributed by atoms with van der Waals surface area (Å²) in [7, 11) is 1.40. The van der Waals surface area contributed by atoms with Gasteiger partial charge in [-0.25, -0.2) is 4.79 Å². The van der Waals surface area contributed by atoms with Crippen molar-refractivity contribution in [2.75, 3.05) is 33.3 Å². The van der Waals surface area contributed by atoms with E-state index in [0.29, 0.717) is 37.6 Å². The molecule has 1 aromatic heterocycles. The van der Waals surface area contributed by atoms with Crippen LogP contribution in [0.5, 0.6) is 0 Å². The second-order valence-corrected chi connectivity index (χ2v) is 7.94. The number of carbonyl (C=O) groups is 2. The number of carbonyl (C=O) groups excluding carboxylic acids is 2. The van der Waals surface area contributed by atoms with E-state index in [0.717, 1.165) is 12.0 Å². The highest BCUT2D eigenvalue weighted by molar-refractivity contribution is 7.09. The van der Waals surface area contributed by atoms with Crippen molar-refractivity contribution in [2.24, 2.45) is 0 Å². The van der Waals surface area contributed by atoms with E-state index in [-0.39, 0.29) is 11.9 Å². The van der Waals surface area contributed by atoms with Crippen LogP contribution in [0.1, 0.15) is 22.9 Å². The zero-order chi connectivity index (χ0) is 19.2. The molecule has 0 aliphatic carbocycles. The Morgan fingerprint density at radius 1 is 1.15 bits per heavy atom. The fraction of sp³-hybridized carbons (Fsp3) is 0.400. The monoisotopic (exact) mass is 406 g/mol. The third-order valence-electron chi connectivity index (χ3n) is 4.81. The predicted molar refractivity (Wildman–Crippen MR) is 107 cm³/mol. The number of nitrogens with zero attached hydrogens (tertiary/aromatic N) is 2. The van der Waals surface area contributed by atoms with Crippen molar-refractivity contribution in [1.82, 2.24) is 9.80 Å². The molecule has 5 nitrogen and oxygen atoms in total. The van der Waals surface area contributed by atoms with Gasteiger partial charge in [0.25, 0.3) is 0 Å². The van der Waals surface area contributed by atoms with Crippen LogP contribution < -0.4 is 0 Å². The minimum absolute atomic E-state index is 0.171. The van der Waals surface area contributed by atoms with E-state index in [9.17, 15) is 9.59 Å². The molecule has 1 amide bonds. The summed E-state index contributed by atoms with van der Waals surface area (Å²) in [6.45, 7) is 2.50. The highest BCUT2D eigenvalue weighted by Crippen LogP contribution is 2.25. The van der Waals surface area contributed by atoms with Gasteiger partial charge in [-0.2, -0.15) is 0 Å². The molecule has 1 saturated heterocycles. The van der Waals surface area contributed by atoms with Crippen molar-refractivity contribution >= 4 is 34.8 Å².